The van der Waals surface area contributed by atoms with Crippen LogP contribution in [0.5, 0.6) is 0 Å². The summed E-state index contributed by atoms with van der Waals surface area (Å²) >= 11 is 0. The fourth-order valence-corrected chi connectivity index (χ4v) is 2.99. The molecule has 1 aromatic heterocycles. The van der Waals surface area contributed by atoms with Crippen molar-refractivity contribution in [3.63, 3.8) is 0 Å². The molecule has 1 N–H and O–H groups in total. The highest BCUT2D eigenvalue weighted by atomic mass is 16.5. The van der Waals surface area contributed by atoms with Crippen molar-refractivity contribution in [2.24, 2.45) is 0 Å². The van der Waals surface area contributed by atoms with Crippen LogP contribution in [0.1, 0.15) is 37.8 Å². The zero-order chi connectivity index (χ0) is 14.7. The van der Waals surface area contributed by atoms with Crippen molar-refractivity contribution in [1.29, 1.82) is 0 Å². The van der Waals surface area contributed by atoms with Gasteiger partial charge in [-0.15, -0.1) is 0 Å². The number of amides is 1. The van der Waals surface area contributed by atoms with E-state index in [0.29, 0.717) is 12.0 Å². The largest absolute Gasteiger partial charge is 0.381 e. The molecule has 0 aliphatic carbocycles. The van der Waals surface area contributed by atoms with Crippen LogP contribution in [-0.4, -0.2) is 53.1 Å². The van der Waals surface area contributed by atoms with E-state index in [2.05, 4.69) is 15.3 Å². The van der Waals surface area contributed by atoms with Gasteiger partial charge in [-0.05, 0) is 19.3 Å². The van der Waals surface area contributed by atoms with Crippen molar-refractivity contribution in [3.8, 4) is 0 Å². The molecule has 2 aliphatic rings. The summed E-state index contributed by atoms with van der Waals surface area (Å²) in [5.74, 6) is 1.44. The summed E-state index contributed by atoms with van der Waals surface area (Å²) in [6, 6.07) is 2.42. The predicted octanol–water partition coefficient (Wildman–Crippen LogP) is 1.40. The molecule has 0 aromatic carbocycles. The van der Waals surface area contributed by atoms with E-state index < -0.39 is 0 Å². The van der Waals surface area contributed by atoms with Crippen molar-refractivity contribution >= 4 is 11.7 Å². The summed E-state index contributed by atoms with van der Waals surface area (Å²) in [6.45, 7) is 4.85. The monoisotopic (exact) mass is 290 g/mol. The van der Waals surface area contributed by atoms with Gasteiger partial charge in [0.2, 0.25) is 5.91 Å². The van der Waals surface area contributed by atoms with Gasteiger partial charge in [-0.2, -0.15) is 0 Å². The second-order valence-electron chi connectivity index (χ2n) is 5.81. The molecular weight excluding hydrogens is 268 g/mol. The van der Waals surface area contributed by atoms with Crippen molar-refractivity contribution in [1.82, 2.24) is 14.9 Å². The fraction of sp³-hybridized carbons (Fsp3) is 0.667. The third-order valence-corrected chi connectivity index (χ3v) is 4.33. The Kier molecular flexibility index (Phi) is 4.34. The van der Waals surface area contributed by atoms with Crippen LogP contribution in [0.3, 0.4) is 0 Å². The number of rotatable bonds is 3. The standard InChI is InChI=1S/C15H22N4O2/c1-11(20)19-5-2-13(3-6-19)18-15-8-14(16-10-17-15)12-4-7-21-9-12/h8,10,12-13H,2-7,9H2,1H3,(H,16,17,18). The number of hydrogen-bond donors (Lipinski definition) is 1. The van der Waals surface area contributed by atoms with E-state index in [0.717, 1.165) is 57.1 Å². The molecule has 0 saturated carbocycles. The second kappa shape index (κ2) is 6.39. The lowest BCUT2D eigenvalue weighted by Crippen LogP contribution is -2.41. The van der Waals surface area contributed by atoms with Crippen molar-refractivity contribution in [3.05, 3.63) is 18.1 Å². The highest BCUT2D eigenvalue weighted by Gasteiger charge is 2.22. The van der Waals surface area contributed by atoms with Gasteiger partial charge in [0.05, 0.1) is 12.3 Å². The average molecular weight is 290 g/mol. The van der Waals surface area contributed by atoms with Gasteiger partial charge >= 0.3 is 0 Å². The topological polar surface area (TPSA) is 67.4 Å². The van der Waals surface area contributed by atoms with E-state index in [9.17, 15) is 4.79 Å². The number of likely N-dealkylation sites (tertiary alicyclic amines) is 1. The van der Waals surface area contributed by atoms with Gasteiger partial charge in [0, 0.05) is 44.6 Å². The lowest BCUT2D eigenvalue weighted by Gasteiger charge is -2.32. The number of nitrogens with zero attached hydrogens (tertiary/aromatic N) is 3. The average Bonchev–Trinajstić information content (AvgIpc) is 3.02. The molecule has 1 amide bonds. The number of anilines is 1. The highest BCUT2D eigenvalue weighted by Crippen LogP contribution is 2.25. The molecule has 1 unspecified atom stereocenters. The van der Waals surface area contributed by atoms with Crippen LogP contribution >= 0.6 is 0 Å². The van der Waals surface area contributed by atoms with E-state index in [1.165, 1.54) is 0 Å². The summed E-state index contributed by atoms with van der Waals surface area (Å²) in [7, 11) is 0. The molecule has 1 aromatic rings. The first-order valence-electron chi connectivity index (χ1n) is 7.64. The number of aromatic nitrogens is 2. The Morgan fingerprint density at radius 3 is 2.81 bits per heavy atom. The Morgan fingerprint density at radius 1 is 1.33 bits per heavy atom. The molecule has 21 heavy (non-hydrogen) atoms. The Hall–Kier alpha value is -1.69. The van der Waals surface area contributed by atoms with Crippen LogP contribution in [-0.2, 0) is 9.53 Å². The van der Waals surface area contributed by atoms with Crippen molar-refractivity contribution in [2.45, 2.75) is 38.1 Å². The van der Waals surface area contributed by atoms with Gasteiger partial charge in [0.1, 0.15) is 12.1 Å². The molecule has 114 valence electrons. The summed E-state index contributed by atoms with van der Waals surface area (Å²) in [4.78, 5) is 21.9. The van der Waals surface area contributed by atoms with Gasteiger partial charge in [0.15, 0.2) is 0 Å². The Labute approximate surface area is 124 Å². The maximum absolute atomic E-state index is 11.3. The number of carbonyl (C=O) groups is 1. The molecule has 1 atom stereocenters. The van der Waals surface area contributed by atoms with E-state index >= 15 is 0 Å². The minimum absolute atomic E-state index is 0.166. The SMILES string of the molecule is CC(=O)N1CCC(Nc2cc(C3CCOC3)ncn2)CC1. The lowest BCUT2D eigenvalue weighted by molar-refractivity contribution is -0.129. The van der Waals surface area contributed by atoms with E-state index in [1.54, 1.807) is 13.3 Å². The molecule has 6 heteroatoms. The second-order valence-corrected chi connectivity index (χ2v) is 5.81. The molecule has 2 saturated heterocycles. The fourth-order valence-electron chi connectivity index (χ4n) is 2.99. The first-order chi connectivity index (χ1) is 10.2. The Balaban J connectivity index is 1.58. The first kappa shape index (κ1) is 14.3. The zero-order valence-electron chi connectivity index (χ0n) is 12.4. The number of ether oxygens (including phenoxy) is 1. The summed E-state index contributed by atoms with van der Waals surface area (Å²) < 4.78 is 5.42. The van der Waals surface area contributed by atoms with Crippen molar-refractivity contribution in [2.75, 3.05) is 31.6 Å². The summed E-state index contributed by atoms with van der Waals surface area (Å²) in [6.07, 6.45) is 4.59. The quantitative estimate of drug-likeness (QED) is 0.911. The molecular formula is C15H22N4O2. The van der Waals surface area contributed by atoms with Gasteiger partial charge in [-0.3, -0.25) is 4.79 Å². The minimum Gasteiger partial charge on any atom is -0.381 e. The van der Waals surface area contributed by atoms with E-state index in [4.69, 9.17) is 4.74 Å². The van der Waals surface area contributed by atoms with Crippen LogP contribution < -0.4 is 5.32 Å². The summed E-state index contributed by atoms with van der Waals surface area (Å²) in [5, 5.41) is 3.47. The zero-order valence-corrected chi connectivity index (χ0v) is 12.4. The van der Waals surface area contributed by atoms with Gasteiger partial charge in [0.25, 0.3) is 0 Å². The molecule has 2 fully saturated rings. The smallest absolute Gasteiger partial charge is 0.219 e. The molecule has 2 aliphatic heterocycles. The molecule has 3 rings (SSSR count). The maximum atomic E-state index is 11.3. The van der Waals surface area contributed by atoms with E-state index in [-0.39, 0.29) is 5.91 Å². The Morgan fingerprint density at radius 2 is 2.14 bits per heavy atom. The summed E-state index contributed by atoms with van der Waals surface area (Å²) in [5.41, 5.74) is 1.06. The van der Waals surface area contributed by atoms with Crippen molar-refractivity contribution < 1.29 is 9.53 Å². The van der Waals surface area contributed by atoms with Crippen LogP contribution in [0.25, 0.3) is 0 Å². The van der Waals surface area contributed by atoms with Crippen LogP contribution in [0, 0.1) is 0 Å². The minimum atomic E-state index is 0.166. The van der Waals surface area contributed by atoms with Crippen LogP contribution in [0.4, 0.5) is 5.82 Å². The third kappa shape index (κ3) is 3.50. The Bertz CT molecular complexity index is 494. The van der Waals surface area contributed by atoms with Crippen LogP contribution in [0.15, 0.2) is 12.4 Å². The van der Waals surface area contributed by atoms with Crippen LogP contribution in [0.2, 0.25) is 0 Å². The first-order valence-corrected chi connectivity index (χ1v) is 7.64. The molecule has 3 heterocycles. The number of piperidine rings is 1. The highest BCUT2D eigenvalue weighted by molar-refractivity contribution is 5.73. The van der Waals surface area contributed by atoms with Gasteiger partial charge in [-0.25, -0.2) is 9.97 Å². The number of nitrogens with one attached hydrogen (secondary N) is 1. The number of carbonyl (C=O) groups excluding carboxylic acids is 1. The molecule has 0 radical (unpaired) electrons. The number of hydrogen-bond acceptors (Lipinski definition) is 5. The molecule has 0 bridgehead atoms. The van der Waals surface area contributed by atoms with E-state index in [1.807, 2.05) is 11.0 Å². The normalized spacial score (nSPS) is 23.3. The molecule has 0 spiro atoms. The maximum Gasteiger partial charge on any atom is 0.219 e. The van der Waals surface area contributed by atoms with Gasteiger partial charge < -0.3 is 15.0 Å². The predicted molar refractivity (Wildman–Crippen MR) is 79.1 cm³/mol. The third-order valence-electron chi connectivity index (χ3n) is 4.33. The lowest BCUT2D eigenvalue weighted by atomic mass is 10.0. The molecule has 6 nitrogen and oxygen atoms in total. The van der Waals surface area contributed by atoms with Gasteiger partial charge in [-0.1, -0.05) is 0 Å².